The Balaban J connectivity index is 1.30. The summed E-state index contributed by atoms with van der Waals surface area (Å²) >= 11 is 0. The van der Waals surface area contributed by atoms with Gasteiger partial charge in [-0.05, 0) is 42.3 Å². The Hall–Kier alpha value is -3.42. The third-order valence-corrected chi connectivity index (χ3v) is 4.66. The maximum Gasteiger partial charge on any atom is 0.226 e. The van der Waals surface area contributed by atoms with Crippen molar-refractivity contribution in [1.82, 2.24) is 25.5 Å². The van der Waals surface area contributed by atoms with Crippen LogP contribution in [0.5, 0.6) is 11.5 Å². The molecule has 8 nitrogen and oxygen atoms in total. The lowest BCUT2D eigenvalue weighted by molar-refractivity contribution is -0.126. The highest BCUT2D eigenvalue weighted by Crippen LogP contribution is 2.30. The molecule has 2 N–H and O–H groups in total. The molecule has 1 amide bonds. The predicted octanol–water partition coefficient (Wildman–Crippen LogP) is 1.79. The summed E-state index contributed by atoms with van der Waals surface area (Å²) in [7, 11) is 1.62. The zero-order chi connectivity index (χ0) is 19.3. The van der Waals surface area contributed by atoms with E-state index in [0.717, 1.165) is 22.6 Å². The SMILES string of the molecule is COc1ccc2c(c1)C[C@H](C(=O)NCCc1nc(-c3cccnc3)n[nH]1)CO2. The van der Waals surface area contributed by atoms with Gasteiger partial charge in [0.15, 0.2) is 5.82 Å². The van der Waals surface area contributed by atoms with E-state index in [0.29, 0.717) is 37.6 Å². The third-order valence-electron chi connectivity index (χ3n) is 4.66. The van der Waals surface area contributed by atoms with Gasteiger partial charge in [-0.15, -0.1) is 0 Å². The highest BCUT2D eigenvalue weighted by molar-refractivity contribution is 5.79. The van der Waals surface area contributed by atoms with Crippen molar-refractivity contribution in [3.05, 3.63) is 54.1 Å². The number of amides is 1. The Morgan fingerprint density at radius 2 is 2.32 bits per heavy atom. The minimum absolute atomic E-state index is 0.0273. The molecule has 1 aromatic carbocycles. The normalized spacial score (nSPS) is 15.4. The van der Waals surface area contributed by atoms with Crippen molar-refractivity contribution in [3.8, 4) is 22.9 Å². The van der Waals surface area contributed by atoms with Crippen molar-refractivity contribution in [3.63, 3.8) is 0 Å². The number of carbonyl (C=O) groups excluding carboxylic acids is 1. The van der Waals surface area contributed by atoms with Crippen LogP contribution in [0.25, 0.3) is 11.4 Å². The third kappa shape index (κ3) is 3.95. The molecule has 3 heterocycles. The van der Waals surface area contributed by atoms with Gasteiger partial charge in [0.05, 0.1) is 13.0 Å². The number of aromatic amines is 1. The van der Waals surface area contributed by atoms with E-state index >= 15 is 0 Å². The highest BCUT2D eigenvalue weighted by atomic mass is 16.5. The second-order valence-electron chi connectivity index (χ2n) is 6.57. The minimum atomic E-state index is -0.222. The summed E-state index contributed by atoms with van der Waals surface area (Å²) in [5, 5.41) is 10.1. The lowest BCUT2D eigenvalue weighted by Crippen LogP contribution is -2.38. The first-order valence-electron chi connectivity index (χ1n) is 9.12. The van der Waals surface area contributed by atoms with Gasteiger partial charge in [-0.2, -0.15) is 5.10 Å². The van der Waals surface area contributed by atoms with Crippen molar-refractivity contribution >= 4 is 5.91 Å². The Morgan fingerprint density at radius 1 is 1.39 bits per heavy atom. The number of benzene rings is 1. The van der Waals surface area contributed by atoms with Gasteiger partial charge in [0.2, 0.25) is 5.91 Å². The smallest absolute Gasteiger partial charge is 0.226 e. The number of nitrogens with one attached hydrogen (secondary N) is 2. The molecule has 0 unspecified atom stereocenters. The van der Waals surface area contributed by atoms with Gasteiger partial charge in [-0.1, -0.05) is 0 Å². The number of nitrogens with zero attached hydrogens (tertiary/aromatic N) is 3. The van der Waals surface area contributed by atoms with Crippen LogP contribution in [0, 0.1) is 5.92 Å². The first-order chi connectivity index (χ1) is 13.7. The summed E-state index contributed by atoms with van der Waals surface area (Å²) in [5.74, 6) is 2.64. The molecule has 0 bridgehead atoms. The van der Waals surface area contributed by atoms with E-state index in [1.165, 1.54) is 0 Å². The molecule has 1 aliphatic rings. The van der Waals surface area contributed by atoms with Crippen LogP contribution in [0.2, 0.25) is 0 Å². The summed E-state index contributed by atoms with van der Waals surface area (Å²) in [6.07, 6.45) is 4.61. The largest absolute Gasteiger partial charge is 0.497 e. The Labute approximate surface area is 162 Å². The quantitative estimate of drug-likeness (QED) is 0.677. The van der Waals surface area contributed by atoms with Crippen molar-refractivity contribution < 1.29 is 14.3 Å². The second kappa shape index (κ2) is 8.08. The molecule has 144 valence electrons. The van der Waals surface area contributed by atoms with Gasteiger partial charge in [-0.3, -0.25) is 14.9 Å². The molecule has 3 aromatic rings. The molecule has 8 heteroatoms. The number of ether oxygens (including phenoxy) is 2. The van der Waals surface area contributed by atoms with E-state index in [9.17, 15) is 4.79 Å². The molecule has 0 aliphatic carbocycles. The number of hydrogen-bond acceptors (Lipinski definition) is 6. The van der Waals surface area contributed by atoms with Crippen LogP contribution in [-0.4, -0.2) is 46.3 Å². The fourth-order valence-electron chi connectivity index (χ4n) is 3.15. The number of rotatable bonds is 6. The predicted molar refractivity (Wildman–Crippen MR) is 102 cm³/mol. The number of methoxy groups -OCH3 is 1. The first kappa shape index (κ1) is 18.0. The molecule has 1 aliphatic heterocycles. The van der Waals surface area contributed by atoms with Crippen LogP contribution < -0.4 is 14.8 Å². The maximum absolute atomic E-state index is 12.5. The van der Waals surface area contributed by atoms with Gasteiger partial charge < -0.3 is 14.8 Å². The van der Waals surface area contributed by atoms with E-state index in [1.54, 1.807) is 19.5 Å². The Bertz CT molecular complexity index is 957. The van der Waals surface area contributed by atoms with Crippen LogP contribution in [0.1, 0.15) is 11.4 Å². The van der Waals surface area contributed by atoms with Gasteiger partial charge >= 0.3 is 0 Å². The second-order valence-corrected chi connectivity index (χ2v) is 6.57. The van der Waals surface area contributed by atoms with E-state index in [-0.39, 0.29) is 11.8 Å². The van der Waals surface area contributed by atoms with E-state index < -0.39 is 0 Å². The number of pyridine rings is 1. The van der Waals surface area contributed by atoms with Crippen LogP contribution in [0.3, 0.4) is 0 Å². The zero-order valence-electron chi connectivity index (χ0n) is 15.5. The number of aromatic nitrogens is 4. The Kier molecular flexibility index (Phi) is 5.18. The fourth-order valence-corrected chi connectivity index (χ4v) is 3.15. The summed E-state index contributed by atoms with van der Waals surface area (Å²) in [5.41, 5.74) is 1.84. The average Bonchev–Trinajstić information content (AvgIpc) is 3.22. The van der Waals surface area contributed by atoms with Crippen LogP contribution >= 0.6 is 0 Å². The zero-order valence-corrected chi connectivity index (χ0v) is 15.5. The van der Waals surface area contributed by atoms with Crippen LogP contribution in [0.4, 0.5) is 0 Å². The minimum Gasteiger partial charge on any atom is -0.497 e. The van der Waals surface area contributed by atoms with Gasteiger partial charge in [0.25, 0.3) is 0 Å². The van der Waals surface area contributed by atoms with Crippen LogP contribution in [-0.2, 0) is 17.6 Å². The molecule has 0 saturated heterocycles. The van der Waals surface area contributed by atoms with Crippen molar-refractivity contribution in [1.29, 1.82) is 0 Å². The van der Waals surface area contributed by atoms with Crippen molar-refractivity contribution in [2.45, 2.75) is 12.8 Å². The molecule has 28 heavy (non-hydrogen) atoms. The molecule has 0 fully saturated rings. The number of carbonyl (C=O) groups is 1. The summed E-state index contributed by atoms with van der Waals surface area (Å²) in [6, 6.07) is 9.40. The number of fused-ring (bicyclic) bond motifs is 1. The van der Waals surface area contributed by atoms with Crippen molar-refractivity contribution in [2.24, 2.45) is 5.92 Å². The molecule has 0 radical (unpaired) electrons. The molecular weight excluding hydrogens is 358 g/mol. The Morgan fingerprint density at radius 3 is 3.14 bits per heavy atom. The fraction of sp³-hybridized carbons (Fsp3) is 0.300. The van der Waals surface area contributed by atoms with Gasteiger partial charge in [-0.25, -0.2) is 4.98 Å². The standard InChI is InChI=1S/C20H21N5O3/c1-27-16-4-5-17-14(10-16)9-15(12-28-17)20(26)22-8-6-18-23-19(25-24-18)13-3-2-7-21-11-13/h2-5,7,10-11,15H,6,8-9,12H2,1H3,(H,22,26)(H,23,24,25)/t15-/m0/s1. The van der Waals surface area contributed by atoms with Crippen LogP contribution in [0.15, 0.2) is 42.7 Å². The maximum atomic E-state index is 12.5. The van der Waals surface area contributed by atoms with Gasteiger partial charge in [0.1, 0.15) is 23.9 Å². The molecular formula is C20H21N5O3. The average molecular weight is 379 g/mol. The molecule has 2 aromatic heterocycles. The lowest BCUT2D eigenvalue weighted by atomic mass is 9.96. The highest BCUT2D eigenvalue weighted by Gasteiger charge is 2.26. The molecule has 4 rings (SSSR count). The van der Waals surface area contributed by atoms with E-state index in [2.05, 4.69) is 25.5 Å². The summed E-state index contributed by atoms with van der Waals surface area (Å²) < 4.78 is 11.0. The monoisotopic (exact) mass is 379 g/mol. The van der Waals surface area contributed by atoms with E-state index in [4.69, 9.17) is 9.47 Å². The molecule has 0 spiro atoms. The van der Waals surface area contributed by atoms with E-state index in [1.807, 2.05) is 30.3 Å². The number of H-pyrrole nitrogens is 1. The summed E-state index contributed by atoms with van der Waals surface area (Å²) in [4.78, 5) is 21.0. The van der Waals surface area contributed by atoms with Gasteiger partial charge in [0, 0.05) is 30.9 Å². The topological polar surface area (TPSA) is 102 Å². The van der Waals surface area contributed by atoms with Crippen molar-refractivity contribution in [2.75, 3.05) is 20.3 Å². The number of hydrogen-bond donors (Lipinski definition) is 2. The summed E-state index contributed by atoms with van der Waals surface area (Å²) in [6.45, 7) is 0.848. The lowest BCUT2D eigenvalue weighted by Gasteiger charge is -2.25. The molecule has 1 atom stereocenters. The molecule has 0 saturated carbocycles. The first-order valence-corrected chi connectivity index (χ1v) is 9.12.